The van der Waals surface area contributed by atoms with Gasteiger partial charge in [-0.3, -0.25) is 9.59 Å². The molecule has 0 aromatic heterocycles. The summed E-state index contributed by atoms with van der Waals surface area (Å²) >= 11 is 0. The Balaban J connectivity index is 0.992. The molecule has 3 saturated heterocycles. The number of nitrogens with one attached hydrogen (secondary N) is 2. The fourth-order valence-corrected chi connectivity index (χ4v) is 8.09. The second kappa shape index (κ2) is 18.6. The van der Waals surface area contributed by atoms with Gasteiger partial charge in [-0.1, -0.05) is 36.4 Å². The van der Waals surface area contributed by atoms with Crippen molar-refractivity contribution in [1.82, 2.24) is 10.6 Å². The predicted octanol–water partition coefficient (Wildman–Crippen LogP) is 5.58. The van der Waals surface area contributed by atoms with Crippen molar-refractivity contribution in [2.75, 3.05) is 26.4 Å². The molecule has 0 radical (unpaired) electrons. The highest BCUT2D eigenvalue weighted by Crippen LogP contribution is 2.56. The Bertz CT molecular complexity index is 1730. The molecule has 3 aliphatic heterocycles. The van der Waals surface area contributed by atoms with Gasteiger partial charge in [0.25, 0.3) is 0 Å². The molecule has 11 atom stereocenters. The number of esters is 2. The van der Waals surface area contributed by atoms with E-state index >= 15 is 0 Å². The average Bonchev–Trinajstić information content (AvgIpc) is 4.17. The summed E-state index contributed by atoms with van der Waals surface area (Å²) in [5, 5.41) is 6.09. The lowest BCUT2D eigenvalue weighted by Gasteiger charge is -2.33. The number of carbonyl (C=O) groups is 4. The quantitative estimate of drug-likeness (QED) is 0.113. The molecule has 0 bridgehead atoms. The summed E-state index contributed by atoms with van der Waals surface area (Å²) in [5.41, 5.74) is 0.228. The highest BCUT2D eigenvalue weighted by molar-refractivity contribution is 5.90. The third-order valence-corrected chi connectivity index (χ3v) is 12.0. The first kappa shape index (κ1) is 43.7. The Morgan fingerprint density at radius 2 is 1.33 bits per heavy atom. The molecule has 13 heteroatoms. The third-order valence-electron chi connectivity index (χ3n) is 12.0. The van der Waals surface area contributed by atoms with E-state index in [1.807, 2.05) is 26.0 Å². The van der Waals surface area contributed by atoms with E-state index < -0.39 is 41.6 Å². The molecule has 3 heterocycles. The average molecular weight is 807 g/mol. The van der Waals surface area contributed by atoms with Crippen LogP contribution in [0.1, 0.15) is 108 Å². The highest BCUT2D eigenvalue weighted by atomic mass is 16.6. The molecule has 4 aliphatic rings. The lowest BCUT2D eigenvalue weighted by atomic mass is 9.71. The SMILES string of the molecule is CC(COC(C)COC(=O)c1ccccc1)NC(=O)C1CC2(CCC3OC3(C)CCC3OC3(C)C)OC2CC1C(=O)NCC(C)OCC(C)OC(=O)c1ccccc1. The van der Waals surface area contributed by atoms with E-state index in [4.69, 9.17) is 33.2 Å². The van der Waals surface area contributed by atoms with E-state index in [2.05, 4.69) is 31.4 Å². The highest BCUT2D eigenvalue weighted by Gasteiger charge is 2.65. The number of amides is 2. The van der Waals surface area contributed by atoms with Crippen LogP contribution < -0.4 is 10.6 Å². The van der Waals surface area contributed by atoms with Crippen LogP contribution in [0.4, 0.5) is 0 Å². The van der Waals surface area contributed by atoms with Gasteiger partial charge < -0.3 is 43.8 Å². The Hall–Kier alpha value is -3.88. The molecule has 2 aromatic carbocycles. The number of hydrogen-bond acceptors (Lipinski definition) is 11. The normalized spacial score (nSPS) is 29.7. The summed E-state index contributed by atoms with van der Waals surface area (Å²) in [7, 11) is 0. The van der Waals surface area contributed by atoms with Gasteiger partial charge in [0.1, 0.15) is 12.7 Å². The minimum atomic E-state index is -0.625. The molecule has 2 aromatic rings. The number of carbonyl (C=O) groups excluding carboxylic acids is 4. The number of rotatable bonds is 22. The largest absolute Gasteiger partial charge is 0.459 e. The van der Waals surface area contributed by atoms with E-state index in [9.17, 15) is 19.2 Å². The summed E-state index contributed by atoms with van der Waals surface area (Å²) in [6, 6.07) is 17.2. The van der Waals surface area contributed by atoms with Crippen molar-refractivity contribution in [1.29, 1.82) is 0 Å². The van der Waals surface area contributed by atoms with Crippen LogP contribution in [0.3, 0.4) is 0 Å². The second-order valence-electron chi connectivity index (χ2n) is 17.5. The van der Waals surface area contributed by atoms with E-state index in [1.54, 1.807) is 62.4 Å². The molecule has 58 heavy (non-hydrogen) atoms. The van der Waals surface area contributed by atoms with Crippen LogP contribution in [0.25, 0.3) is 0 Å². The van der Waals surface area contributed by atoms with E-state index in [0.717, 1.165) is 25.7 Å². The fourth-order valence-electron chi connectivity index (χ4n) is 8.09. The summed E-state index contributed by atoms with van der Waals surface area (Å²) in [5.74, 6) is -2.55. The van der Waals surface area contributed by atoms with Crippen LogP contribution in [-0.2, 0) is 42.7 Å². The molecule has 1 aliphatic carbocycles. The van der Waals surface area contributed by atoms with Gasteiger partial charge in [0.15, 0.2) is 0 Å². The van der Waals surface area contributed by atoms with Gasteiger partial charge in [0, 0.05) is 12.6 Å². The molecule has 6 rings (SSSR count). The molecule has 4 fully saturated rings. The van der Waals surface area contributed by atoms with Crippen molar-refractivity contribution < 1.29 is 52.3 Å². The van der Waals surface area contributed by atoms with Crippen molar-refractivity contribution in [3.8, 4) is 0 Å². The van der Waals surface area contributed by atoms with Gasteiger partial charge in [0.05, 0.1) is 83.5 Å². The van der Waals surface area contributed by atoms with E-state index in [1.165, 1.54) is 0 Å². The summed E-state index contributed by atoms with van der Waals surface area (Å²) < 4.78 is 41.1. The Labute approximate surface area is 342 Å². The zero-order valence-corrected chi connectivity index (χ0v) is 35.0. The van der Waals surface area contributed by atoms with Crippen molar-refractivity contribution >= 4 is 23.8 Å². The zero-order valence-electron chi connectivity index (χ0n) is 35.0. The van der Waals surface area contributed by atoms with Crippen molar-refractivity contribution in [2.45, 2.75) is 146 Å². The van der Waals surface area contributed by atoms with Crippen LogP contribution in [0.2, 0.25) is 0 Å². The summed E-state index contributed by atoms with van der Waals surface area (Å²) in [6.45, 7) is 14.3. The summed E-state index contributed by atoms with van der Waals surface area (Å²) in [6.07, 6.45) is 3.34. The van der Waals surface area contributed by atoms with Gasteiger partial charge in [-0.15, -0.1) is 0 Å². The predicted molar refractivity (Wildman–Crippen MR) is 214 cm³/mol. The van der Waals surface area contributed by atoms with E-state index in [0.29, 0.717) is 24.0 Å². The van der Waals surface area contributed by atoms with Crippen LogP contribution in [0.15, 0.2) is 60.7 Å². The van der Waals surface area contributed by atoms with Gasteiger partial charge in [-0.25, -0.2) is 9.59 Å². The van der Waals surface area contributed by atoms with Crippen LogP contribution in [-0.4, -0.2) is 110 Å². The number of hydrogen-bond donors (Lipinski definition) is 2. The van der Waals surface area contributed by atoms with Crippen molar-refractivity contribution in [3.63, 3.8) is 0 Å². The lowest BCUT2D eigenvalue weighted by molar-refractivity contribution is -0.137. The molecular weight excluding hydrogens is 744 g/mol. The van der Waals surface area contributed by atoms with Gasteiger partial charge in [-0.05, 0) is 111 Å². The van der Waals surface area contributed by atoms with Gasteiger partial charge in [0.2, 0.25) is 11.8 Å². The van der Waals surface area contributed by atoms with E-state index in [-0.39, 0.29) is 79.8 Å². The molecule has 318 valence electrons. The molecular formula is C45H62N2O11. The fraction of sp³-hybridized carbons (Fsp3) is 0.644. The lowest BCUT2D eigenvalue weighted by Crippen LogP contribution is -2.50. The standard InChI is InChI=1S/C45H62N2O11/c1-28(25-52-30(3)26-54-41(50)32-14-10-8-11-15-32)47-40(49)35-23-45(21-19-37-44(7,57-37)20-18-36-43(5,6)56-36)38(58-45)22-34(35)39(48)46-24-29(2)53-27-31(4)55-42(51)33-16-12-9-13-17-33/h8-17,28-31,34-38H,18-27H2,1-7H3,(H,46,48)(H,47,49). The smallest absolute Gasteiger partial charge is 0.338 e. The molecule has 1 saturated carbocycles. The van der Waals surface area contributed by atoms with Crippen LogP contribution in [0, 0.1) is 11.8 Å². The Kier molecular flexibility index (Phi) is 14.0. The molecule has 0 spiro atoms. The zero-order chi connectivity index (χ0) is 41.7. The van der Waals surface area contributed by atoms with Gasteiger partial charge in [-0.2, -0.15) is 0 Å². The Morgan fingerprint density at radius 3 is 1.98 bits per heavy atom. The van der Waals surface area contributed by atoms with Crippen LogP contribution >= 0.6 is 0 Å². The first-order valence-electron chi connectivity index (χ1n) is 20.9. The van der Waals surface area contributed by atoms with Crippen molar-refractivity contribution in [2.24, 2.45) is 11.8 Å². The topological polar surface area (TPSA) is 167 Å². The Morgan fingerprint density at radius 1 is 0.707 bits per heavy atom. The molecule has 2 N–H and O–H groups in total. The maximum absolute atomic E-state index is 14.0. The number of ether oxygens (including phenoxy) is 7. The molecule has 2 amide bonds. The number of benzene rings is 2. The minimum absolute atomic E-state index is 0.0442. The maximum Gasteiger partial charge on any atom is 0.338 e. The number of epoxide rings is 3. The number of fused-ring (bicyclic) bond motifs is 1. The maximum atomic E-state index is 14.0. The first-order chi connectivity index (χ1) is 27.6. The van der Waals surface area contributed by atoms with Crippen molar-refractivity contribution in [3.05, 3.63) is 71.8 Å². The minimum Gasteiger partial charge on any atom is -0.459 e. The third kappa shape index (κ3) is 11.7. The molecule has 11 unspecified atom stereocenters. The first-order valence-corrected chi connectivity index (χ1v) is 20.9. The monoisotopic (exact) mass is 806 g/mol. The van der Waals surface area contributed by atoms with Crippen LogP contribution in [0.5, 0.6) is 0 Å². The molecule has 13 nitrogen and oxygen atoms in total. The second-order valence-corrected chi connectivity index (χ2v) is 17.5. The van der Waals surface area contributed by atoms with Gasteiger partial charge >= 0.3 is 11.9 Å². The summed E-state index contributed by atoms with van der Waals surface area (Å²) in [4.78, 5) is 52.6.